The lowest BCUT2D eigenvalue weighted by atomic mass is 10.1. The molecule has 21 heavy (non-hydrogen) atoms. The van der Waals surface area contributed by atoms with E-state index in [1.165, 1.54) is 30.4 Å². The maximum absolute atomic E-state index is 13.8. The van der Waals surface area contributed by atoms with E-state index in [9.17, 15) is 12.8 Å². The highest BCUT2D eigenvalue weighted by Gasteiger charge is 2.21. The van der Waals surface area contributed by atoms with Gasteiger partial charge in [0.05, 0.1) is 10.9 Å². The largest absolute Gasteiger partial charge is 0.326 e. The zero-order valence-electron chi connectivity index (χ0n) is 11.6. The van der Waals surface area contributed by atoms with Crippen molar-refractivity contribution in [3.05, 3.63) is 45.7 Å². The molecule has 0 bridgehead atoms. The number of rotatable bonds is 5. The van der Waals surface area contributed by atoms with Gasteiger partial charge in [-0.15, -0.1) is 11.3 Å². The van der Waals surface area contributed by atoms with Crippen molar-refractivity contribution in [2.75, 3.05) is 0 Å². The van der Waals surface area contributed by atoms with E-state index in [4.69, 9.17) is 5.73 Å². The minimum absolute atomic E-state index is 0.00487. The third-order valence-electron chi connectivity index (χ3n) is 2.99. The van der Waals surface area contributed by atoms with Crippen LogP contribution in [0.2, 0.25) is 0 Å². The predicted octanol–water partition coefficient (Wildman–Crippen LogP) is 2.09. The van der Waals surface area contributed by atoms with Crippen molar-refractivity contribution in [1.82, 2.24) is 9.71 Å². The average Bonchev–Trinajstić information content (AvgIpc) is 2.95. The zero-order valence-corrected chi connectivity index (χ0v) is 13.3. The summed E-state index contributed by atoms with van der Waals surface area (Å²) in [6, 6.07) is 2.10. The minimum atomic E-state index is -3.76. The number of hydrogen-bond acceptors (Lipinski definition) is 5. The molecule has 2 rings (SSSR count). The molecule has 0 aliphatic rings. The molecule has 2 aromatic rings. The molecule has 8 heteroatoms. The van der Waals surface area contributed by atoms with Gasteiger partial charge in [0.2, 0.25) is 10.0 Å². The summed E-state index contributed by atoms with van der Waals surface area (Å²) in [5.74, 6) is -0.468. The molecule has 1 atom stereocenters. The van der Waals surface area contributed by atoms with Crippen molar-refractivity contribution in [2.24, 2.45) is 5.73 Å². The van der Waals surface area contributed by atoms with Crippen molar-refractivity contribution in [3.8, 4) is 0 Å². The van der Waals surface area contributed by atoms with Crippen molar-refractivity contribution in [2.45, 2.75) is 31.3 Å². The third-order valence-corrected chi connectivity index (χ3v) is 5.47. The quantitative estimate of drug-likeness (QED) is 0.879. The second kappa shape index (κ2) is 6.18. The maximum atomic E-state index is 13.8. The standard InChI is InChI=1S/C13H16FN3O2S2/c1-8-5-11(6-10(7-15)12(8)14)21(18,19)17-9(2)13-16-3-4-20-13/h3-6,9,17H,7,15H2,1-2H3. The van der Waals surface area contributed by atoms with Gasteiger partial charge in [0.25, 0.3) is 0 Å². The first-order valence-corrected chi connectivity index (χ1v) is 8.62. The minimum Gasteiger partial charge on any atom is -0.326 e. The first-order chi connectivity index (χ1) is 9.85. The number of nitrogens with one attached hydrogen (secondary N) is 1. The number of aryl methyl sites for hydroxylation is 1. The monoisotopic (exact) mass is 329 g/mol. The van der Waals surface area contributed by atoms with Crippen molar-refractivity contribution >= 4 is 21.4 Å². The van der Waals surface area contributed by atoms with Gasteiger partial charge in [0.1, 0.15) is 10.8 Å². The molecular weight excluding hydrogens is 313 g/mol. The van der Waals surface area contributed by atoms with Gasteiger partial charge in [-0.25, -0.2) is 22.5 Å². The number of benzene rings is 1. The summed E-state index contributed by atoms with van der Waals surface area (Å²) in [4.78, 5) is 4.08. The summed E-state index contributed by atoms with van der Waals surface area (Å²) < 4.78 is 41.0. The number of hydrogen-bond donors (Lipinski definition) is 2. The maximum Gasteiger partial charge on any atom is 0.241 e. The van der Waals surface area contributed by atoms with Crippen LogP contribution in [0, 0.1) is 12.7 Å². The average molecular weight is 329 g/mol. The molecule has 0 amide bonds. The van der Waals surface area contributed by atoms with Crippen LogP contribution in [0.4, 0.5) is 4.39 Å². The Morgan fingerprint density at radius 3 is 2.76 bits per heavy atom. The van der Waals surface area contributed by atoms with E-state index in [0.29, 0.717) is 5.01 Å². The van der Waals surface area contributed by atoms with Crippen LogP contribution in [0.15, 0.2) is 28.6 Å². The summed E-state index contributed by atoms with van der Waals surface area (Å²) >= 11 is 1.36. The normalized spacial score (nSPS) is 13.3. The van der Waals surface area contributed by atoms with Crippen molar-refractivity contribution in [1.29, 1.82) is 0 Å². The second-order valence-corrected chi connectivity index (χ2v) is 7.27. The highest BCUT2D eigenvalue weighted by atomic mass is 32.2. The van der Waals surface area contributed by atoms with Gasteiger partial charge in [0.15, 0.2) is 0 Å². The van der Waals surface area contributed by atoms with Crippen LogP contribution in [0.25, 0.3) is 0 Å². The van der Waals surface area contributed by atoms with Gasteiger partial charge in [-0.1, -0.05) is 0 Å². The van der Waals surface area contributed by atoms with Crippen LogP contribution in [-0.2, 0) is 16.6 Å². The number of halogens is 1. The van der Waals surface area contributed by atoms with Gasteiger partial charge >= 0.3 is 0 Å². The molecule has 114 valence electrons. The number of sulfonamides is 1. The fourth-order valence-electron chi connectivity index (χ4n) is 1.91. The topological polar surface area (TPSA) is 85.1 Å². The highest BCUT2D eigenvalue weighted by Crippen LogP contribution is 2.22. The molecule has 1 heterocycles. The molecule has 0 saturated heterocycles. The van der Waals surface area contributed by atoms with Gasteiger partial charge in [-0.05, 0) is 31.5 Å². The molecule has 0 aliphatic heterocycles. The molecule has 1 aromatic heterocycles. The molecule has 5 nitrogen and oxygen atoms in total. The summed E-state index contributed by atoms with van der Waals surface area (Å²) in [6.45, 7) is 3.16. The summed E-state index contributed by atoms with van der Waals surface area (Å²) in [7, 11) is -3.76. The molecule has 0 fully saturated rings. The Morgan fingerprint density at radius 2 is 2.19 bits per heavy atom. The van der Waals surface area contributed by atoms with E-state index in [0.717, 1.165) is 0 Å². The molecule has 3 N–H and O–H groups in total. The van der Waals surface area contributed by atoms with Crippen LogP contribution in [0.3, 0.4) is 0 Å². The summed E-state index contributed by atoms with van der Waals surface area (Å²) in [5.41, 5.74) is 5.87. The van der Waals surface area contributed by atoms with Gasteiger partial charge < -0.3 is 5.73 Å². The SMILES string of the molecule is Cc1cc(S(=O)(=O)NC(C)c2nccs2)cc(CN)c1F. The highest BCUT2D eigenvalue weighted by molar-refractivity contribution is 7.89. The molecule has 0 spiro atoms. The lowest BCUT2D eigenvalue weighted by molar-refractivity contribution is 0.564. The van der Waals surface area contributed by atoms with E-state index >= 15 is 0 Å². The molecule has 0 saturated carbocycles. The predicted molar refractivity (Wildman–Crippen MR) is 79.9 cm³/mol. The molecule has 1 unspecified atom stereocenters. The van der Waals surface area contributed by atoms with E-state index in [-0.39, 0.29) is 22.6 Å². The first-order valence-electron chi connectivity index (χ1n) is 6.26. The Morgan fingerprint density at radius 1 is 1.48 bits per heavy atom. The molecule has 0 radical (unpaired) electrons. The smallest absolute Gasteiger partial charge is 0.241 e. The van der Waals surface area contributed by atoms with Crippen molar-refractivity contribution in [3.63, 3.8) is 0 Å². The molecule has 1 aromatic carbocycles. The van der Waals surface area contributed by atoms with Crippen LogP contribution in [-0.4, -0.2) is 13.4 Å². The summed E-state index contributed by atoms with van der Waals surface area (Å²) in [5, 5.41) is 2.44. The lowest BCUT2D eigenvalue weighted by Gasteiger charge is -2.14. The van der Waals surface area contributed by atoms with Gasteiger partial charge in [-0.2, -0.15) is 0 Å². The lowest BCUT2D eigenvalue weighted by Crippen LogP contribution is -2.27. The van der Waals surface area contributed by atoms with Crippen molar-refractivity contribution < 1.29 is 12.8 Å². The molecule has 0 aliphatic carbocycles. The van der Waals surface area contributed by atoms with E-state index < -0.39 is 21.9 Å². The Bertz CT molecular complexity index is 730. The second-order valence-electron chi connectivity index (χ2n) is 4.63. The van der Waals surface area contributed by atoms with E-state index in [1.54, 1.807) is 18.5 Å². The van der Waals surface area contributed by atoms with Crippen LogP contribution in [0.5, 0.6) is 0 Å². The number of aromatic nitrogens is 1. The number of nitrogens with two attached hydrogens (primary N) is 1. The Labute approximate surface area is 127 Å². The van der Waals surface area contributed by atoms with Crippen LogP contribution in [0.1, 0.15) is 29.1 Å². The number of nitrogens with zero attached hydrogens (tertiary/aromatic N) is 1. The number of thiazole rings is 1. The fraction of sp³-hybridized carbons (Fsp3) is 0.308. The van der Waals surface area contributed by atoms with E-state index in [1.807, 2.05) is 0 Å². The van der Waals surface area contributed by atoms with Gasteiger partial charge in [0, 0.05) is 23.7 Å². The van der Waals surface area contributed by atoms with Crippen LogP contribution >= 0.6 is 11.3 Å². The fourth-order valence-corrected chi connectivity index (χ4v) is 3.97. The van der Waals surface area contributed by atoms with Crippen LogP contribution < -0.4 is 10.5 Å². The van der Waals surface area contributed by atoms with E-state index in [2.05, 4.69) is 9.71 Å². The summed E-state index contributed by atoms with van der Waals surface area (Å²) in [6.07, 6.45) is 1.61. The Kier molecular flexibility index (Phi) is 4.72. The Balaban J connectivity index is 2.34. The first kappa shape index (κ1) is 16.0. The third kappa shape index (κ3) is 3.46. The molecular formula is C13H16FN3O2S2. The van der Waals surface area contributed by atoms with Gasteiger partial charge in [-0.3, -0.25) is 0 Å². The zero-order chi connectivity index (χ0) is 15.6. The Hall–Kier alpha value is -1.35.